The summed E-state index contributed by atoms with van der Waals surface area (Å²) >= 11 is 1.44. The lowest BCUT2D eigenvalue weighted by molar-refractivity contribution is 0.0695. The van der Waals surface area contributed by atoms with Gasteiger partial charge in [0.05, 0.1) is 28.7 Å². The highest BCUT2D eigenvalue weighted by Gasteiger charge is 2.20. The summed E-state index contributed by atoms with van der Waals surface area (Å²) in [6, 6.07) is 5.62. The van der Waals surface area contributed by atoms with Gasteiger partial charge < -0.3 is 9.84 Å². The second-order valence-electron chi connectivity index (χ2n) is 4.59. The quantitative estimate of drug-likeness (QED) is 0.805. The number of nitrogens with zero attached hydrogens (tertiary/aromatic N) is 3. The first-order valence-corrected chi connectivity index (χ1v) is 7.07. The summed E-state index contributed by atoms with van der Waals surface area (Å²) in [5.74, 6) is -0.212. The van der Waals surface area contributed by atoms with Crippen molar-refractivity contribution < 1.29 is 14.6 Å². The summed E-state index contributed by atoms with van der Waals surface area (Å²) in [6.07, 6.45) is 0. The molecule has 3 rings (SSSR count). The summed E-state index contributed by atoms with van der Waals surface area (Å²) in [5.41, 5.74) is 2.12. The Morgan fingerprint density at radius 1 is 1.38 bits per heavy atom. The third kappa shape index (κ3) is 2.15. The number of aromatic nitrogens is 3. The van der Waals surface area contributed by atoms with Gasteiger partial charge in [0.2, 0.25) is 5.13 Å². The van der Waals surface area contributed by atoms with Gasteiger partial charge in [-0.3, -0.25) is 0 Å². The molecule has 0 aliphatic carbocycles. The lowest BCUT2D eigenvalue weighted by Crippen LogP contribution is -2.02. The van der Waals surface area contributed by atoms with Crippen LogP contribution in [0.4, 0.5) is 0 Å². The number of hydrogen-bond acceptors (Lipinski definition) is 5. The Balaban J connectivity index is 2.17. The van der Waals surface area contributed by atoms with Crippen molar-refractivity contribution in [3.63, 3.8) is 0 Å². The van der Waals surface area contributed by atoms with Crippen molar-refractivity contribution in [3.05, 3.63) is 35.2 Å². The van der Waals surface area contributed by atoms with Crippen LogP contribution in [-0.2, 0) is 0 Å². The van der Waals surface area contributed by atoms with Crippen molar-refractivity contribution in [3.8, 4) is 10.9 Å². The molecule has 21 heavy (non-hydrogen) atoms. The first kappa shape index (κ1) is 13.6. The molecule has 1 N–H and O–H groups in total. The summed E-state index contributed by atoms with van der Waals surface area (Å²) in [5, 5.41) is 14.2. The van der Waals surface area contributed by atoms with E-state index in [1.54, 1.807) is 25.6 Å². The van der Waals surface area contributed by atoms with Crippen LogP contribution in [0.25, 0.3) is 15.3 Å². The second kappa shape index (κ2) is 4.85. The molecular weight excluding hydrogens is 290 g/mol. The first-order chi connectivity index (χ1) is 10.0. The van der Waals surface area contributed by atoms with E-state index < -0.39 is 5.97 Å². The smallest absolute Gasteiger partial charge is 0.339 e. The molecule has 0 saturated carbocycles. The van der Waals surface area contributed by atoms with Crippen molar-refractivity contribution >= 4 is 27.5 Å². The van der Waals surface area contributed by atoms with E-state index in [2.05, 4.69) is 10.1 Å². The van der Waals surface area contributed by atoms with Crippen molar-refractivity contribution in [1.82, 2.24) is 14.8 Å². The lowest BCUT2D eigenvalue weighted by atomic mass is 10.2. The number of ether oxygens (including phenoxy) is 1. The fourth-order valence-corrected chi connectivity index (χ4v) is 3.25. The van der Waals surface area contributed by atoms with Gasteiger partial charge in [-0.2, -0.15) is 5.10 Å². The number of carboxylic acid groups (broad SMARTS) is 1. The summed E-state index contributed by atoms with van der Waals surface area (Å²) in [7, 11) is 1.61. The third-order valence-corrected chi connectivity index (χ3v) is 4.26. The van der Waals surface area contributed by atoms with Crippen molar-refractivity contribution in [2.45, 2.75) is 13.8 Å². The van der Waals surface area contributed by atoms with E-state index in [0.717, 1.165) is 16.0 Å². The minimum absolute atomic E-state index is 0.229. The molecule has 2 heterocycles. The van der Waals surface area contributed by atoms with Gasteiger partial charge in [0.25, 0.3) is 0 Å². The number of aryl methyl sites for hydroxylation is 1. The van der Waals surface area contributed by atoms with Crippen LogP contribution >= 0.6 is 11.3 Å². The van der Waals surface area contributed by atoms with E-state index in [4.69, 9.17) is 4.74 Å². The minimum atomic E-state index is -0.973. The number of fused-ring (bicyclic) bond motifs is 1. The molecule has 6 nitrogen and oxygen atoms in total. The third-order valence-electron chi connectivity index (χ3n) is 3.27. The average molecular weight is 303 g/mol. The molecule has 0 fully saturated rings. The molecule has 0 bridgehead atoms. The average Bonchev–Trinajstić information content (AvgIpc) is 2.98. The minimum Gasteiger partial charge on any atom is -0.497 e. The maximum atomic E-state index is 11.3. The number of carbonyl (C=O) groups is 1. The maximum Gasteiger partial charge on any atom is 0.339 e. The Kier molecular flexibility index (Phi) is 3.13. The van der Waals surface area contributed by atoms with Crippen LogP contribution in [0, 0.1) is 13.8 Å². The Morgan fingerprint density at radius 2 is 2.14 bits per heavy atom. The van der Waals surface area contributed by atoms with Crippen molar-refractivity contribution in [1.29, 1.82) is 0 Å². The SMILES string of the molecule is COc1ccc2nc(-n3nc(C)c(C(=O)O)c3C)sc2c1. The number of aromatic carboxylic acids is 1. The zero-order valence-electron chi connectivity index (χ0n) is 11.7. The van der Waals surface area contributed by atoms with Crippen LogP contribution in [0.5, 0.6) is 5.75 Å². The Labute approximate surface area is 124 Å². The highest BCUT2D eigenvalue weighted by molar-refractivity contribution is 7.20. The topological polar surface area (TPSA) is 77.2 Å². The highest BCUT2D eigenvalue weighted by Crippen LogP contribution is 2.29. The molecule has 0 aliphatic heterocycles. The Morgan fingerprint density at radius 3 is 2.76 bits per heavy atom. The molecule has 0 spiro atoms. The summed E-state index contributed by atoms with van der Waals surface area (Å²) in [6.45, 7) is 3.42. The standard InChI is InChI=1S/C14H13N3O3S/c1-7-12(13(18)19)8(2)17(16-7)14-15-10-5-4-9(20-3)6-11(10)21-14/h4-6H,1-3H3,(H,18,19). The van der Waals surface area contributed by atoms with Crippen molar-refractivity contribution in [2.75, 3.05) is 7.11 Å². The van der Waals surface area contributed by atoms with E-state index >= 15 is 0 Å². The molecule has 3 aromatic rings. The van der Waals surface area contributed by atoms with E-state index in [1.165, 1.54) is 11.3 Å². The largest absolute Gasteiger partial charge is 0.497 e. The lowest BCUT2D eigenvalue weighted by Gasteiger charge is -1.98. The number of rotatable bonds is 3. The zero-order valence-corrected chi connectivity index (χ0v) is 12.6. The van der Waals surface area contributed by atoms with Crippen LogP contribution in [0.1, 0.15) is 21.7 Å². The summed E-state index contributed by atoms with van der Waals surface area (Å²) in [4.78, 5) is 15.8. The van der Waals surface area contributed by atoms with E-state index in [-0.39, 0.29) is 5.56 Å². The summed E-state index contributed by atoms with van der Waals surface area (Å²) < 4.78 is 7.74. The van der Waals surface area contributed by atoms with E-state index in [0.29, 0.717) is 16.5 Å². The highest BCUT2D eigenvalue weighted by atomic mass is 32.1. The van der Waals surface area contributed by atoms with Crippen LogP contribution in [0.3, 0.4) is 0 Å². The van der Waals surface area contributed by atoms with Crippen LogP contribution < -0.4 is 4.74 Å². The van der Waals surface area contributed by atoms with Crippen LogP contribution in [0.15, 0.2) is 18.2 Å². The molecule has 108 valence electrons. The Hall–Kier alpha value is -2.41. The van der Waals surface area contributed by atoms with E-state index in [9.17, 15) is 9.90 Å². The molecule has 2 aromatic heterocycles. The number of benzene rings is 1. The second-order valence-corrected chi connectivity index (χ2v) is 5.60. The fourth-order valence-electron chi connectivity index (χ4n) is 2.25. The van der Waals surface area contributed by atoms with Gasteiger partial charge in [0, 0.05) is 0 Å². The van der Waals surface area contributed by atoms with Gasteiger partial charge in [-0.05, 0) is 32.0 Å². The van der Waals surface area contributed by atoms with Gasteiger partial charge in [-0.1, -0.05) is 11.3 Å². The molecule has 0 saturated heterocycles. The number of carboxylic acids is 1. The molecule has 0 radical (unpaired) electrons. The normalized spacial score (nSPS) is 11.0. The molecular formula is C14H13N3O3S. The van der Waals surface area contributed by atoms with Crippen LogP contribution in [-0.4, -0.2) is 33.0 Å². The fraction of sp³-hybridized carbons (Fsp3) is 0.214. The monoisotopic (exact) mass is 303 g/mol. The molecule has 7 heteroatoms. The molecule has 0 aliphatic rings. The van der Waals surface area contributed by atoms with Gasteiger partial charge in [-0.25, -0.2) is 14.5 Å². The van der Waals surface area contributed by atoms with Gasteiger partial charge in [0.15, 0.2) is 0 Å². The number of thiazole rings is 1. The molecule has 0 amide bonds. The van der Waals surface area contributed by atoms with E-state index in [1.807, 2.05) is 18.2 Å². The number of hydrogen-bond donors (Lipinski definition) is 1. The maximum absolute atomic E-state index is 11.3. The number of methoxy groups -OCH3 is 1. The van der Waals surface area contributed by atoms with Gasteiger partial charge >= 0.3 is 5.97 Å². The zero-order chi connectivity index (χ0) is 15.1. The predicted molar refractivity (Wildman–Crippen MR) is 79.7 cm³/mol. The van der Waals surface area contributed by atoms with Gasteiger partial charge in [0.1, 0.15) is 11.3 Å². The predicted octanol–water partition coefficient (Wildman–Crippen LogP) is 2.81. The molecule has 0 atom stereocenters. The molecule has 1 aromatic carbocycles. The Bertz CT molecular complexity index is 851. The van der Waals surface area contributed by atoms with Crippen LogP contribution in [0.2, 0.25) is 0 Å². The van der Waals surface area contributed by atoms with Crippen molar-refractivity contribution in [2.24, 2.45) is 0 Å². The first-order valence-electron chi connectivity index (χ1n) is 6.25. The molecule has 0 unspecified atom stereocenters. The van der Waals surface area contributed by atoms with Gasteiger partial charge in [-0.15, -0.1) is 0 Å².